The van der Waals surface area contributed by atoms with Crippen LogP contribution in [0.5, 0.6) is 11.5 Å². The lowest BCUT2D eigenvalue weighted by Gasteiger charge is -2.22. The van der Waals surface area contributed by atoms with E-state index in [0.717, 1.165) is 29.1 Å². The Kier molecular flexibility index (Phi) is 11.5. The summed E-state index contributed by atoms with van der Waals surface area (Å²) in [6.07, 6.45) is 2.37. The minimum Gasteiger partial charge on any atom is -0.507 e. The van der Waals surface area contributed by atoms with Gasteiger partial charge in [-0.3, -0.25) is 9.59 Å². The van der Waals surface area contributed by atoms with Crippen molar-refractivity contribution in [2.24, 2.45) is 5.92 Å². The Bertz CT molecular complexity index is 1190. The molecule has 2 aromatic carbocycles. The van der Waals surface area contributed by atoms with Crippen molar-refractivity contribution in [2.75, 3.05) is 12.4 Å². The molecule has 3 rings (SSSR count). The van der Waals surface area contributed by atoms with Crippen molar-refractivity contribution in [3.63, 3.8) is 0 Å². The van der Waals surface area contributed by atoms with E-state index in [1.807, 2.05) is 13.8 Å². The van der Waals surface area contributed by atoms with Crippen LogP contribution in [0.3, 0.4) is 0 Å². The first kappa shape index (κ1) is 29.5. The number of phenolic OH excluding ortho intramolecular Hbond substituents is 1. The van der Waals surface area contributed by atoms with Gasteiger partial charge in [-0.25, -0.2) is 0 Å². The van der Waals surface area contributed by atoms with Gasteiger partial charge in [-0.1, -0.05) is 37.6 Å². The molecule has 0 bridgehead atoms. The number of hydrogen-bond acceptors (Lipinski definition) is 9. The van der Waals surface area contributed by atoms with E-state index in [1.54, 1.807) is 35.7 Å². The van der Waals surface area contributed by atoms with Crippen LogP contribution in [0.25, 0.3) is 0 Å². The maximum Gasteiger partial charge on any atom is 0.303 e. The number of nitrogens with zero attached hydrogens (tertiary/aromatic N) is 3. The van der Waals surface area contributed by atoms with Gasteiger partial charge in [0.2, 0.25) is 0 Å². The normalized spacial score (nSPS) is 12.7. The van der Waals surface area contributed by atoms with Crippen molar-refractivity contribution in [3.05, 3.63) is 58.9 Å². The fraction of sp³-hybridized carbons (Fsp3) is 0.444. The third-order valence-corrected chi connectivity index (χ3v) is 8.56. The van der Waals surface area contributed by atoms with Crippen molar-refractivity contribution in [2.45, 2.75) is 62.4 Å². The number of aromatic nitrogens is 4. The highest BCUT2D eigenvalue weighted by molar-refractivity contribution is 7.99. The number of thioether (sulfide) groups is 2. The lowest BCUT2D eigenvalue weighted by atomic mass is 9.97. The van der Waals surface area contributed by atoms with Crippen LogP contribution in [0.15, 0.2) is 41.3 Å². The SMILES string of the molecule is CCCc1c(OCCCSc2ccc(C(SCc3nn[nH]n3)C(C)CC(=O)O)cc2)ccc(C(C)=O)c1O. The lowest BCUT2D eigenvalue weighted by molar-refractivity contribution is -0.137. The number of Topliss-reactive ketones (excluding diaryl/α,β-unsaturated/α-hetero) is 1. The molecule has 3 aromatic rings. The summed E-state index contributed by atoms with van der Waals surface area (Å²) >= 11 is 3.33. The number of carboxylic acids is 1. The molecule has 1 aromatic heterocycles. The summed E-state index contributed by atoms with van der Waals surface area (Å²) in [6, 6.07) is 11.6. The van der Waals surface area contributed by atoms with Crippen molar-refractivity contribution >= 4 is 35.3 Å². The molecule has 0 radical (unpaired) electrons. The summed E-state index contributed by atoms with van der Waals surface area (Å²) in [4.78, 5) is 24.2. The zero-order valence-electron chi connectivity index (χ0n) is 21.8. The Balaban J connectivity index is 1.53. The fourth-order valence-electron chi connectivity index (χ4n) is 4.09. The summed E-state index contributed by atoms with van der Waals surface area (Å²) in [5.41, 5.74) is 2.08. The van der Waals surface area contributed by atoms with Crippen LogP contribution in [0.4, 0.5) is 0 Å². The van der Waals surface area contributed by atoms with Gasteiger partial charge in [-0.05, 0) is 55.5 Å². The second-order valence-corrected chi connectivity index (χ2v) is 11.3. The number of phenols is 1. The summed E-state index contributed by atoms with van der Waals surface area (Å²) < 4.78 is 5.96. The van der Waals surface area contributed by atoms with E-state index < -0.39 is 5.97 Å². The second kappa shape index (κ2) is 14.8. The minimum absolute atomic E-state index is 0.0137. The van der Waals surface area contributed by atoms with Crippen LogP contribution in [-0.4, -0.2) is 54.9 Å². The van der Waals surface area contributed by atoms with Crippen molar-refractivity contribution in [3.8, 4) is 11.5 Å². The van der Waals surface area contributed by atoms with E-state index in [2.05, 4.69) is 44.9 Å². The minimum atomic E-state index is -0.816. The molecular formula is C27H34N4O5S2. The fourth-order valence-corrected chi connectivity index (χ4v) is 6.14. The molecule has 2 unspecified atom stereocenters. The number of ether oxygens (including phenoxy) is 1. The number of H-pyrrole nitrogens is 1. The van der Waals surface area contributed by atoms with Crippen LogP contribution in [0.1, 0.15) is 72.6 Å². The van der Waals surface area contributed by atoms with E-state index in [4.69, 9.17) is 4.74 Å². The maximum absolute atomic E-state index is 11.7. The standard InChI is InChI=1S/C27H34N4O5S2/c1-4-6-22-23(12-11-21(18(3)32)26(22)35)36-13-5-14-37-20-9-7-19(8-10-20)27(17(2)15-25(33)34)38-16-24-28-30-31-29-24/h7-12,17,27,35H,4-6,13-16H2,1-3H3,(H,33,34)(H,28,29,30,31). The molecule has 204 valence electrons. The van der Waals surface area contributed by atoms with Gasteiger partial charge in [0.15, 0.2) is 11.6 Å². The molecule has 11 heteroatoms. The predicted octanol–water partition coefficient (Wildman–Crippen LogP) is 5.71. The Morgan fingerprint density at radius 3 is 2.55 bits per heavy atom. The first-order valence-electron chi connectivity index (χ1n) is 12.6. The first-order valence-corrected chi connectivity index (χ1v) is 14.6. The van der Waals surface area contributed by atoms with Crippen LogP contribution in [-0.2, 0) is 17.0 Å². The zero-order chi connectivity index (χ0) is 27.5. The number of ketones is 1. The third-order valence-electron chi connectivity index (χ3n) is 5.94. The van der Waals surface area contributed by atoms with Crippen LogP contribution in [0, 0.1) is 5.92 Å². The van der Waals surface area contributed by atoms with E-state index in [0.29, 0.717) is 41.5 Å². The number of hydrogen-bond donors (Lipinski definition) is 3. The molecule has 38 heavy (non-hydrogen) atoms. The molecule has 9 nitrogen and oxygen atoms in total. The number of carbonyl (C=O) groups excluding carboxylic acids is 1. The summed E-state index contributed by atoms with van der Waals surface area (Å²) in [6.45, 7) is 5.92. The highest BCUT2D eigenvalue weighted by Crippen LogP contribution is 2.39. The largest absolute Gasteiger partial charge is 0.507 e. The van der Waals surface area contributed by atoms with Gasteiger partial charge in [0, 0.05) is 27.9 Å². The number of aliphatic carboxylic acids is 1. The number of carboxylic acid groups (broad SMARTS) is 1. The number of aromatic hydroxyl groups is 1. The maximum atomic E-state index is 11.7. The Morgan fingerprint density at radius 2 is 1.92 bits per heavy atom. The topological polar surface area (TPSA) is 138 Å². The lowest BCUT2D eigenvalue weighted by Crippen LogP contribution is -2.12. The average Bonchev–Trinajstić information content (AvgIpc) is 3.40. The highest BCUT2D eigenvalue weighted by atomic mass is 32.2. The van der Waals surface area contributed by atoms with Crippen molar-refractivity contribution < 1.29 is 24.5 Å². The quantitative estimate of drug-likeness (QED) is 0.114. The molecule has 2 atom stereocenters. The Labute approximate surface area is 231 Å². The summed E-state index contributed by atoms with van der Waals surface area (Å²) in [5, 5.41) is 33.8. The molecule has 3 N–H and O–H groups in total. The second-order valence-electron chi connectivity index (χ2n) is 9.00. The molecule has 0 aliphatic heterocycles. The molecule has 0 aliphatic rings. The predicted molar refractivity (Wildman–Crippen MR) is 149 cm³/mol. The molecule has 0 fully saturated rings. The number of aromatic amines is 1. The molecule has 1 heterocycles. The van der Waals surface area contributed by atoms with Crippen LogP contribution < -0.4 is 4.74 Å². The molecule has 0 saturated heterocycles. The number of tetrazole rings is 1. The van der Waals surface area contributed by atoms with E-state index in [-0.39, 0.29) is 29.1 Å². The van der Waals surface area contributed by atoms with Gasteiger partial charge in [0.25, 0.3) is 0 Å². The number of nitrogens with one attached hydrogen (secondary N) is 1. The van der Waals surface area contributed by atoms with E-state index in [1.165, 1.54) is 6.92 Å². The van der Waals surface area contributed by atoms with Gasteiger partial charge >= 0.3 is 5.97 Å². The molecular weight excluding hydrogens is 524 g/mol. The van der Waals surface area contributed by atoms with E-state index in [9.17, 15) is 19.8 Å². The smallest absolute Gasteiger partial charge is 0.303 e. The summed E-state index contributed by atoms with van der Waals surface area (Å²) in [7, 11) is 0. The third kappa shape index (κ3) is 8.49. The van der Waals surface area contributed by atoms with Gasteiger partial charge in [0.05, 0.1) is 17.9 Å². The Morgan fingerprint density at radius 1 is 1.16 bits per heavy atom. The first-order chi connectivity index (χ1) is 18.3. The Hall–Kier alpha value is -3.05. The van der Waals surface area contributed by atoms with Crippen molar-refractivity contribution in [1.29, 1.82) is 0 Å². The monoisotopic (exact) mass is 558 g/mol. The molecule has 0 spiro atoms. The van der Waals surface area contributed by atoms with Crippen molar-refractivity contribution in [1.82, 2.24) is 20.6 Å². The number of carbonyl (C=O) groups is 2. The molecule has 0 aliphatic carbocycles. The van der Waals surface area contributed by atoms with Crippen LogP contribution >= 0.6 is 23.5 Å². The van der Waals surface area contributed by atoms with Gasteiger partial charge in [0.1, 0.15) is 11.5 Å². The summed E-state index contributed by atoms with van der Waals surface area (Å²) in [5.74, 6) is 1.58. The number of rotatable bonds is 16. The highest BCUT2D eigenvalue weighted by Gasteiger charge is 2.23. The molecule has 0 amide bonds. The average molecular weight is 559 g/mol. The van der Waals surface area contributed by atoms with E-state index >= 15 is 0 Å². The number of benzene rings is 2. The zero-order valence-corrected chi connectivity index (χ0v) is 23.5. The van der Waals surface area contributed by atoms with Gasteiger partial charge in [-0.15, -0.1) is 33.7 Å². The van der Waals surface area contributed by atoms with Gasteiger partial charge < -0.3 is 14.9 Å². The van der Waals surface area contributed by atoms with Gasteiger partial charge in [-0.2, -0.15) is 5.21 Å². The van der Waals surface area contributed by atoms with Crippen LogP contribution in [0.2, 0.25) is 0 Å². The molecule has 0 saturated carbocycles.